The lowest BCUT2D eigenvalue weighted by molar-refractivity contribution is -0.140. The molecule has 1 aromatic carbocycles. The fraction of sp³-hybridized carbons (Fsp3) is 0.400. The average molecular weight is 367 g/mol. The quantitative estimate of drug-likeness (QED) is 0.616. The van der Waals surface area contributed by atoms with E-state index in [-0.39, 0.29) is 12.4 Å². The second-order valence-corrected chi connectivity index (χ2v) is 6.42. The molecule has 0 radical (unpaired) electrons. The maximum atomic E-state index is 11.5. The summed E-state index contributed by atoms with van der Waals surface area (Å²) in [7, 11) is 3.30. The first-order chi connectivity index (χ1) is 13.1. The number of benzene rings is 1. The number of hydrogen-bond donors (Lipinski definition) is 1. The Morgan fingerprint density at radius 1 is 1.19 bits per heavy atom. The van der Waals surface area contributed by atoms with Gasteiger partial charge in [-0.3, -0.25) is 9.48 Å². The number of anilines is 1. The highest BCUT2D eigenvalue weighted by atomic mass is 16.5. The third-order valence-electron chi connectivity index (χ3n) is 4.37. The first-order valence-electron chi connectivity index (χ1n) is 9.19. The van der Waals surface area contributed by atoms with Gasteiger partial charge in [0.15, 0.2) is 5.82 Å². The Morgan fingerprint density at radius 2 is 1.96 bits per heavy atom. The van der Waals surface area contributed by atoms with Crippen LogP contribution in [0.2, 0.25) is 0 Å². The Morgan fingerprint density at radius 3 is 2.67 bits per heavy atom. The monoisotopic (exact) mass is 367 g/mol. The highest BCUT2D eigenvalue weighted by Crippen LogP contribution is 2.24. The minimum Gasteiger partial charge on any atom is -0.469 e. The molecule has 7 heteroatoms. The molecule has 7 nitrogen and oxygen atoms in total. The molecule has 3 rings (SSSR count). The zero-order chi connectivity index (χ0) is 19.2. The van der Waals surface area contributed by atoms with Crippen molar-refractivity contribution in [3.63, 3.8) is 0 Å². The van der Waals surface area contributed by atoms with Gasteiger partial charge < -0.3 is 10.1 Å². The van der Waals surface area contributed by atoms with Crippen LogP contribution in [0.1, 0.15) is 36.8 Å². The van der Waals surface area contributed by atoms with Gasteiger partial charge in [-0.25, -0.2) is 9.97 Å². The van der Waals surface area contributed by atoms with Crippen LogP contribution < -0.4 is 5.32 Å². The SMILES string of the molecule is CCCc1nn(C)c2c(NCc3ccccc3)nc(CCC(=O)OC)nc12. The molecule has 0 saturated heterocycles. The molecule has 0 aliphatic rings. The smallest absolute Gasteiger partial charge is 0.305 e. The molecule has 0 unspecified atom stereocenters. The van der Waals surface area contributed by atoms with Gasteiger partial charge in [-0.15, -0.1) is 0 Å². The summed E-state index contributed by atoms with van der Waals surface area (Å²) in [6.07, 6.45) is 2.52. The average Bonchev–Trinajstić information content (AvgIpc) is 3.01. The molecule has 0 saturated carbocycles. The number of aryl methyl sites for hydroxylation is 3. The van der Waals surface area contributed by atoms with Crippen LogP contribution >= 0.6 is 0 Å². The summed E-state index contributed by atoms with van der Waals surface area (Å²) in [5, 5.41) is 8.04. The van der Waals surface area contributed by atoms with Crippen LogP contribution in [0, 0.1) is 0 Å². The predicted octanol–water partition coefficient (Wildman–Crippen LogP) is 3.03. The highest BCUT2D eigenvalue weighted by Gasteiger charge is 2.17. The molecular weight excluding hydrogens is 342 g/mol. The molecule has 2 aromatic heterocycles. The first-order valence-corrected chi connectivity index (χ1v) is 9.19. The Bertz CT molecular complexity index is 921. The lowest BCUT2D eigenvalue weighted by Crippen LogP contribution is -2.09. The lowest BCUT2D eigenvalue weighted by atomic mass is 10.2. The number of esters is 1. The van der Waals surface area contributed by atoms with Crippen LogP contribution in [0.5, 0.6) is 0 Å². The fourth-order valence-electron chi connectivity index (χ4n) is 3.03. The second-order valence-electron chi connectivity index (χ2n) is 6.42. The molecule has 0 aliphatic carbocycles. The van der Waals surface area contributed by atoms with Gasteiger partial charge >= 0.3 is 5.97 Å². The molecule has 2 heterocycles. The number of rotatable bonds is 8. The van der Waals surface area contributed by atoms with E-state index < -0.39 is 0 Å². The number of methoxy groups -OCH3 is 1. The van der Waals surface area contributed by atoms with Crippen molar-refractivity contribution in [2.45, 2.75) is 39.2 Å². The van der Waals surface area contributed by atoms with Crippen molar-refractivity contribution >= 4 is 22.8 Å². The van der Waals surface area contributed by atoms with Crippen molar-refractivity contribution in [2.24, 2.45) is 7.05 Å². The van der Waals surface area contributed by atoms with Gasteiger partial charge in [-0.1, -0.05) is 43.7 Å². The fourth-order valence-corrected chi connectivity index (χ4v) is 3.03. The summed E-state index contributed by atoms with van der Waals surface area (Å²) in [4.78, 5) is 20.9. The van der Waals surface area contributed by atoms with Crippen LogP contribution in [-0.2, 0) is 36.0 Å². The summed E-state index contributed by atoms with van der Waals surface area (Å²) in [5.74, 6) is 1.09. The minimum absolute atomic E-state index is 0.253. The van der Waals surface area contributed by atoms with Crippen molar-refractivity contribution in [2.75, 3.05) is 12.4 Å². The summed E-state index contributed by atoms with van der Waals surface area (Å²) in [6.45, 7) is 2.77. The molecule has 1 N–H and O–H groups in total. The number of aromatic nitrogens is 4. The maximum Gasteiger partial charge on any atom is 0.305 e. The Balaban J connectivity index is 1.96. The summed E-state index contributed by atoms with van der Waals surface area (Å²) < 4.78 is 6.57. The van der Waals surface area contributed by atoms with Crippen molar-refractivity contribution in [3.05, 3.63) is 47.4 Å². The van der Waals surface area contributed by atoms with Gasteiger partial charge in [0.2, 0.25) is 0 Å². The van der Waals surface area contributed by atoms with Gasteiger partial charge in [0.1, 0.15) is 16.9 Å². The maximum absolute atomic E-state index is 11.5. The minimum atomic E-state index is -0.266. The van der Waals surface area contributed by atoms with Crippen LogP contribution in [0.4, 0.5) is 5.82 Å². The summed E-state index contributed by atoms with van der Waals surface area (Å²) in [6, 6.07) is 10.1. The van der Waals surface area contributed by atoms with E-state index in [4.69, 9.17) is 9.72 Å². The lowest BCUT2D eigenvalue weighted by Gasteiger charge is -2.10. The first kappa shape index (κ1) is 18.8. The van der Waals surface area contributed by atoms with E-state index in [0.29, 0.717) is 18.8 Å². The molecule has 0 atom stereocenters. The topological polar surface area (TPSA) is 81.9 Å². The van der Waals surface area contributed by atoms with Crippen molar-refractivity contribution < 1.29 is 9.53 Å². The summed E-state index contributed by atoms with van der Waals surface area (Å²) >= 11 is 0. The highest BCUT2D eigenvalue weighted by molar-refractivity contribution is 5.87. The zero-order valence-electron chi connectivity index (χ0n) is 16.0. The van der Waals surface area contributed by atoms with Crippen LogP contribution in [0.15, 0.2) is 30.3 Å². The van der Waals surface area contributed by atoms with E-state index in [0.717, 1.165) is 41.0 Å². The molecule has 0 fully saturated rings. The Labute approximate surface area is 158 Å². The van der Waals surface area contributed by atoms with Crippen molar-refractivity contribution in [1.82, 2.24) is 19.7 Å². The van der Waals surface area contributed by atoms with Gasteiger partial charge in [0, 0.05) is 20.0 Å². The molecule has 142 valence electrons. The van der Waals surface area contributed by atoms with E-state index in [1.54, 1.807) is 0 Å². The van der Waals surface area contributed by atoms with E-state index >= 15 is 0 Å². The number of nitrogens with zero attached hydrogens (tertiary/aromatic N) is 4. The number of fused-ring (bicyclic) bond motifs is 1. The van der Waals surface area contributed by atoms with E-state index in [9.17, 15) is 4.79 Å². The number of carbonyl (C=O) groups is 1. The van der Waals surface area contributed by atoms with Crippen LogP contribution in [0.3, 0.4) is 0 Å². The molecule has 0 aliphatic heterocycles. The third kappa shape index (κ3) is 4.42. The van der Waals surface area contributed by atoms with Gasteiger partial charge in [-0.2, -0.15) is 5.10 Å². The molecule has 0 amide bonds. The number of ether oxygens (including phenoxy) is 1. The zero-order valence-corrected chi connectivity index (χ0v) is 16.0. The molecule has 0 spiro atoms. The Hall–Kier alpha value is -2.96. The molecular formula is C20H25N5O2. The standard InChI is InChI=1S/C20H25N5O2/c1-4-8-15-18-19(25(2)24-15)20(21-13-14-9-6-5-7-10-14)23-16(22-18)11-12-17(26)27-3/h5-7,9-10H,4,8,11-13H2,1-3H3,(H,21,22,23). The molecule has 3 aromatic rings. The summed E-state index contributed by atoms with van der Waals surface area (Å²) in [5.41, 5.74) is 3.86. The number of nitrogens with one attached hydrogen (secondary N) is 1. The van der Waals surface area contributed by atoms with E-state index in [2.05, 4.69) is 34.5 Å². The van der Waals surface area contributed by atoms with Gasteiger partial charge in [0.05, 0.1) is 19.2 Å². The van der Waals surface area contributed by atoms with Crippen LogP contribution in [0.25, 0.3) is 11.0 Å². The number of carbonyl (C=O) groups excluding carboxylic acids is 1. The van der Waals surface area contributed by atoms with E-state index in [1.165, 1.54) is 7.11 Å². The largest absolute Gasteiger partial charge is 0.469 e. The Kier molecular flexibility index (Phi) is 6.01. The molecule has 27 heavy (non-hydrogen) atoms. The van der Waals surface area contributed by atoms with Crippen LogP contribution in [-0.4, -0.2) is 32.8 Å². The molecule has 0 bridgehead atoms. The van der Waals surface area contributed by atoms with Gasteiger partial charge in [-0.05, 0) is 12.0 Å². The number of hydrogen-bond acceptors (Lipinski definition) is 6. The van der Waals surface area contributed by atoms with Crippen molar-refractivity contribution in [3.8, 4) is 0 Å². The van der Waals surface area contributed by atoms with E-state index in [1.807, 2.05) is 29.9 Å². The van der Waals surface area contributed by atoms with Gasteiger partial charge in [0.25, 0.3) is 0 Å². The second kappa shape index (κ2) is 8.62. The predicted molar refractivity (Wildman–Crippen MR) is 104 cm³/mol. The normalized spacial score (nSPS) is 10.9. The third-order valence-corrected chi connectivity index (χ3v) is 4.37. The van der Waals surface area contributed by atoms with Crippen molar-refractivity contribution in [1.29, 1.82) is 0 Å².